The van der Waals surface area contributed by atoms with E-state index < -0.39 is 5.91 Å². The van der Waals surface area contributed by atoms with E-state index in [0.717, 1.165) is 0 Å². The molecule has 78 valence electrons. The quantitative estimate of drug-likeness (QED) is 0.682. The van der Waals surface area contributed by atoms with Crippen LogP contribution in [0.4, 0.5) is 4.39 Å². The average molecular weight is 206 g/mol. The first-order valence-corrected chi connectivity index (χ1v) is 4.48. The van der Waals surface area contributed by atoms with Gasteiger partial charge in [-0.25, -0.2) is 4.39 Å². The predicted octanol–water partition coefficient (Wildman–Crippen LogP) is 0.252. The standard InChI is InChI=1S/C11H11FN2O/c12-10-3-1-2-9(8-10)4-5-11(15)14-7-6-13/h1-3,8H,6-7,13H2,(H,14,15). The fourth-order valence-corrected chi connectivity index (χ4v) is 0.925. The van der Waals surface area contributed by atoms with Gasteiger partial charge in [0.05, 0.1) is 0 Å². The van der Waals surface area contributed by atoms with Crippen LogP contribution in [-0.4, -0.2) is 19.0 Å². The van der Waals surface area contributed by atoms with E-state index in [1.807, 2.05) is 0 Å². The maximum absolute atomic E-state index is 12.7. The van der Waals surface area contributed by atoms with E-state index in [0.29, 0.717) is 18.7 Å². The second kappa shape index (κ2) is 5.78. The molecule has 0 atom stereocenters. The Morgan fingerprint density at radius 1 is 1.53 bits per heavy atom. The van der Waals surface area contributed by atoms with E-state index in [9.17, 15) is 9.18 Å². The molecule has 4 heteroatoms. The minimum atomic E-state index is -0.412. The van der Waals surface area contributed by atoms with Crippen LogP contribution in [-0.2, 0) is 4.79 Å². The van der Waals surface area contributed by atoms with Crippen molar-refractivity contribution in [3.63, 3.8) is 0 Å². The number of nitrogens with two attached hydrogens (primary N) is 1. The van der Waals surface area contributed by atoms with Crippen molar-refractivity contribution in [2.75, 3.05) is 13.1 Å². The number of halogens is 1. The zero-order valence-corrected chi connectivity index (χ0v) is 8.09. The Kier molecular flexibility index (Phi) is 4.32. The summed E-state index contributed by atoms with van der Waals surface area (Å²) in [6, 6.07) is 5.76. The van der Waals surface area contributed by atoms with Gasteiger partial charge in [-0.05, 0) is 18.2 Å². The first-order chi connectivity index (χ1) is 7.22. The summed E-state index contributed by atoms with van der Waals surface area (Å²) in [6.45, 7) is 0.754. The highest BCUT2D eigenvalue weighted by molar-refractivity contribution is 5.94. The lowest BCUT2D eigenvalue weighted by Crippen LogP contribution is -2.27. The molecule has 0 fully saturated rings. The first-order valence-electron chi connectivity index (χ1n) is 4.48. The molecule has 0 saturated heterocycles. The number of benzene rings is 1. The van der Waals surface area contributed by atoms with Gasteiger partial charge in [-0.1, -0.05) is 12.0 Å². The Morgan fingerprint density at radius 2 is 2.33 bits per heavy atom. The predicted molar refractivity (Wildman–Crippen MR) is 55.3 cm³/mol. The van der Waals surface area contributed by atoms with Gasteiger partial charge in [-0.15, -0.1) is 0 Å². The van der Waals surface area contributed by atoms with Crippen molar-refractivity contribution in [2.45, 2.75) is 0 Å². The van der Waals surface area contributed by atoms with Crippen LogP contribution in [0.1, 0.15) is 5.56 Å². The topological polar surface area (TPSA) is 55.1 Å². The minimum Gasteiger partial charge on any atom is -0.344 e. The number of carbonyl (C=O) groups is 1. The lowest BCUT2D eigenvalue weighted by atomic mass is 10.2. The van der Waals surface area contributed by atoms with Crippen molar-refractivity contribution in [2.24, 2.45) is 5.73 Å². The van der Waals surface area contributed by atoms with Gasteiger partial charge in [-0.3, -0.25) is 4.79 Å². The average Bonchev–Trinajstić information content (AvgIpc) is 2.23. The molecule has 0 saturated carbocycles. The van der Waals surface area contributed by atoms with Gasteiger partial charge in [0.1, 0.15) is 5.82 Å². The van der Waals surface area contributed by atoms with Crippen molar-refractivity contribution in [1.29, 1.82) is 0 Å². The molecule has 0 aromatic heterocycles. The SMILES string of the molecule is NCCNC(=O)C#Cc1cccc(F)c1. The number of nitrogens with one attached hydrogen (secondary N) is 1. The molecule has 0 spiro atoms. The zero-order valence-electron chi connectivity index (χ0n) is 8.09. The number of amides is 1. The normalized spacial score (nSPS) is 8.93. The summed E-state index contributed by atoms with van der Waals surface area (Å²) in [5.41, 5.74) is 5.66. The molecule has 1 aromatic rings. The van der Waals surface area contributed by atoms with Crippen molar-refractivity contribution in [3.05, 3.63) is 35.6 Å². The van der Waals surface area contributed by atoms with Gasteiger partial charge in [0.2, 0.25) is 0 Å². The summed E-state index contributed by atoms with van der Waals surface area (Å²) in [5, 5.41) is 2.49. The molecule has 3 nitrogen and oxygen atoms in total. The van der Waals surface area contributed by atoms with E-state index in [2.05, 4.69) is 17.2 Å². The Morgan fingerprint density at radius 3 is 3.00 bits per heavy atom. The van der Waals surface area contributed by atoms with Crippen molar-refractivity contribution >= 4 is 5.91 Å². The highest BCUT2D eigenvalue weighted by Gasteiger charge is 1.93. The van der Waals surface area contributed by atoms with Gasteiger partial charge >= 0.3 is 0 Å². The summed E-state index contributed by atoms with van der Waals surface area (Å²) in [6.07, 6.45) is 0. The van der Waals surface area contributed by atoms with Gasteiger partial charge in [0, 0.05) is 24.6 Å². The molecular formula is C11H11FN2O. The van der Waals surface area contributed by atoms with E-state index in [1.165, 1.54) is 18.2 Å². The summed E-state index contributed by atoms with van der Waals surface area (Å²) >= 11 is 0. The Balaban J connectivity index is 2.61. The summed E-state index contributed by atoms with van der Waals surface area (Å²) in [5.74, 6) is 4.11. The molecule has 15 heavy (non-hydrogen) atoms. The highest BCUT2D eigenvalue weighted by atomic mass is 19.1. The van der Waals surface area contributed by atoms with Crippen molar-refractivity contribution in [1.82, 2.24) is 5.32 Å². The number of rotatable bonds is 2. The molecule has 0 aliphatic heterocycles. The molecular weight excluding hydrogens is 195 g/mol. The van der Waals surface area contributed by atoms with Crippen LogP contribution < -0.4 is 11.1 Å². The molecule has 1 aromatic carbocycles. The molecule has 0 aliphatic rings. The van der Waals surface area contributed by atoms with Crippen LogP contribution in [0.3, 0.4) is 0 Å². The van der Waals surface area contributed by atoms with Gasteiger partial charge < -0.3 is 11.1 Å². The van der Waals surface area contributed by atoms with Crippen molar-refractivity contribution < 1.29 is 9.18 Å². The minimum absolute atomic E-state index is 0.368. The van der Waals surface area contributed by atoms with Crippen LogP contribution in [0.25, 0.3) is 0 Å². The third-order valence-electron chi connectivity index (χ3n) is 1.57. The van der Waals surface area contributed by atoms with Crippen LogP contribution in [0.15, 0.2) is 24.3 Å². The van der Waals surface area contributed by atoms with E-state index in [-0.39, 0.29) is 5.82 Å². The summed E-state index contributed by atoms with van der Waals surface area (Å²) < 4.78 is 12.7. The largest absolute Gasteiger partial charge is 0.344 e. The lowest BCUT2D eigenvalue weighted by molar-refractivity contribution is -0.115. The molecule has 0 heterocycles. The summed E-state index contributed by atoms with van der Waals surface area (Å²) in [4.78, 5) is 11.0. The second-order valence-electron chi connectivity index (χ2n) is 2.80. The lowest BCUT2D eigenvalue weighted by Gasteiger charge is -1.94. The van der Waals surface area contributed by atoms with Crippen LogP contribution in [0, 0.1) is 17.7 Å². The Bertz CT molecular complexity index is 407. The van der Waals surface area contributed by atoms with Gasteiger partial charge in [-0.2, -0.15) is 0 Å². The Hall–Kier alpha value is -1.86. The molecule has 1 amide bonds. The number of hydrogen-bond acceptors (Lipinski definition) is 2. The fourth-order valence-electron chi connectivity index (χ4n) is 0.925. The number of hydrogen-bond donors (Lipinski definition) is 2. The third-order valence-corrected chi connectivity index (χ3v) is 1.57. The van der Waals surface area contributed by atoms with E-state index >= 15 is 0 Å². The molecule has 0 unspecified atom stereocenters. The maximum atomic E-state index is 12.7. The Labute approximate surface area is 87.5 Å². The van der Waals surface area contributed by atoms with E-state index in [4.69, 9.17) is 5.73 Å². The van der Waals surface area contributed by atoms with Gasteiger partial charge in [0.15, 0.2) is 0 Å². The van der Waals surface area contributed by atoms with E-state index in [1.54, 1.807) is 6.07 Å². The smallest absolute Gasteiger partial charge is 0.296 e. The maximum Gasteiger partial charge on any atom is 0.296 e. The summed E-state index contributed by atoms with van der Waals surface area (Å²) in [7, 11) is 0. The highest BCUT2D eigenvalue weighted by Crippen LogP contribution is 2.00. The van der Waals surface area contributed by atoms with Gasteiger partial charge in [0.25, 0.3) is 5.91 Å². The monoisotopic (exact) mass is 206 g/mol. The third kappa shape index (κ3) is 4.25. The molecule has 0 bridgehead atoms. The van der Waals surface area contributed by atoms with Crippen LogP contribution >= 0.6 is 0 Å². The van der Waals surface area contributed by atoms with Crippen LogP contribution in [0.2, 0.25) is 0 Å². The van der Waals surface area contributed by atoms with Crippen LogP contribution in [0.5, 0.6) is 0 Å². The first kappa shape index (κ1) is 11.2. The molecule has 0 radical (unpaired) electrons. The molecule has 3 N–H and O–H groups in total. The van der Waals surface area contributed by atoms with Crippen molar-refractivity contribution in [3.8, 4) is 11.8 Å². The zero-order chi connectivity index (χ0) is 11.1. The molecule has 0 aliphatic carbocycles. The fraction of sp³-hybridized carbons (Fsp3) is 0.182. The molecule has 1 rings (SSSR count). The second-order valence-corrected chi connectivity index (χ2v) is 2.80. The number of carbonyl (C=O) groups excluding carboxylic acids is 1.